The van der Waals surface area contributed by atoms with E-state index in [4.69, 9.17) is 9.68 Å². The number of hydrogen-bond acceptors (Lipinski definition) is 5. The van der Waals surface area contributed by atoms with Crippen LogP contribution in [0.3, 0.4) is 0 Å². The largest absolute Gasteiger partial charge is 0.444 e. The molecular weight excluding hydrogens is 284 g/mol. The fraction of sp³-hybridized carbons (Fsp3) is 0.533. The molecule has 1 aliphatic rings. The molecule has 1 aromatic rings. The van der Waals surface area contributed by atoms with Crippen LogP contribution in [0.25, 0.3) is 0 Å². The number of carbonyl (C=O) groups is 2. The van der Waals surface area contributed by atoms with Gasteiger partial charge in [-0.3, -0.25) is 19.8 Å². The first-order valence-electron chi connectivity index (χ1n) is 7.25. The lowest BCUT2D eigenvalue weighted by molar-refractivity contribution is -0.122. The molecule has 1 aliphatic heterocycles. The van der Waals surface area contributed by atoms with Crippen molar-refractivity contribution in [2.75, 3.05) is 25.0 Å². The summed E-state index contributed by atoms with van der Waals surface area (Å²) in [7, 11) is 0. The summed E-state index contributed by atoms with van der Waals surface area (Å²) in [5, 5.41) is 14.6. The Bertz CT molecular complexity index is 629. The lowest BCUT2D eigenvalue weighted by Gasteiger charge is -2.25. The van der Waals surface area contributed by atoms with Crippen LogP contribution >= 0.6 is 0 Å². The standard InChI is InChI=1S/C15H20N4O3/c1-9-11(3)22-15(12(9)8-16)18-14(21)10(2)19-6-4-13(20)17-5-7-19/h10H,4-7H2,1-3H3,(H,17,20)(H,18,21). The molecule has 0 saturated carbocycles. The molecule has 22 heavy (non-hydrogen) atoms. The highest BCUT2D eigenvalue weighted by Crippen LogP contribution is 2.25. The number of aryl methyl sites for hydroxylation is 1. The summed E-state index contributed by atoms with van der Waals surface area (Å²) in [5.74, 6) is 0.557. The molecule has 1 saturated heterocycles. The molecule has 1 fully saturated rings. The molecule has 7 heteroatoms. The zero-order chi connectivity index (χ0) is 16.3. The van der Waals surface area contributed by atoms with Gasteiger partial charge in [0.25, 0.3) is 0 Å². The smallest absolute Gasteiger partial charge is 0.243 e. The molecule has 0 spiro atoms. The van der Waals surface area contributed by atoms with E-state index in [1.807, 2.05) is 11.0 Å². The third kappa shape index (κ3) is 3.28. The van der Waals surface area contributed by atoms with Crippen molar-refractivity contribution >= 4 is 17.7 Å². The van der Waals surface area contributed by atoms with Crippen molar-refractivity contribution in [1.29, 1.82) is 5.26 Å². The summed E-state index contributed by atoms with van der Waals surface area (Å²) in [6.45, 7) is 6.98. The van der Waals surface area contributed by atoms with Crippen LogP contribution < -0.4 is 10.6 Å². The number of anilines is 1. The van der Waals surface area contributed by atoms with E-state index in [-0.39, 0.29) is 17.7 Å². The van der Waals surface area contributed by atoms with E-state index in [2.05, 4.69) is 10.6 Å². The lowest BCUT2D eigenvalue weighted by Crippen LogP contribution is -2.43. The molecule has 1 aromatic heterocycles. The SMILES string of the molecule is Cc1oc(NC(=O)C(C)N2CCNC(=O)CC2)c(C#N)c1C. The van der Waals surface area contributed by atoms with Crippen molar-refractivity contribution in [3.8, 4) is 6.07 Å². The number of rotatable bonds is 3. The number of nitrogens with zero attached hydrogens (tertiary/aromatic N) is 2. The average Bonchev–Trinajstić information content (AvgIpc) is 2.65. The Morgan fingerprint density at radius 1 is 1.45 bits per heavy atom. The zero-order valence-electron chi connectivity index (χ0n) is 13.0. The summed E-state index contributed by atoms with van der Waals surface area (Å²) in [6.07, 6.45) is 0.375. The van der Waals surface area contributed by atoms with E-state index in [0.29, 0.717) is 37.4 Å². The summed E-state index contributed by atoms with van der Waals surface area (Å²) < 4.78 is 5.45. The Hall–Kier alpha value is -2.33. The Morgan fingerprint density at radius 3 is 2.86 bits per heavy atom. The second kappa shape index (κ2) is 6.62. The second-order valence-electron chi connectivity index (χ2n) is 5.40. The summed E-state index contributed by atoms with van der Waals surface area (Å²) in [6, 6.07) is 1.64. The highest BCUT2D eigenvalue weighted by Gasteiger charge is 2.26. The van der Waals surface area contributed by atoms with Gasteiger partial charge in [-0.15, -0.1) is 0 Å². The van der Waals surface area contributed by atoms with E-state index in [1.165, 1.54) is 0 Å². The van der Waals surface area contributed by atoms with E-state index in [9.17, 15) is 9.59 Å². The molecule has 0 aromatic carbocycles. The van der Waals surface area contributed by atoms with Gasteiger partial charge in [0.05, 0.1) is 6.04 Å². The normalized spacial score (nSPS) is 17.3. The summed E-state index contributed by atoms with van der Waals surface area (Å²) >= 11 is 0. The summed E-state index contributed by atoms with van der Waals surface area (Å²) in [4.78, 5) is 25.6. The predicted molar refractivity (Wildman–Crippen MR) is 80.2 cm³/mol. The number of furan rings is 1. The van der Waals surface area contributed by atoms with Crippen LogP contribution in [0.4, 0.5) is 5.88 Å². The minimum absolute atomic E-state index is 0.000779. The van der Waals surface area contributed by atoms with Gasteiger partial charge in [-0.05, 0) is 20.8 Å². The molecule has 1 unspecified atom stereocenters. The molecule has 0 bridgehead atoms. The highest BCUT2D eigenvalue weighted by atomic mass is 16.4. The first-order chi connectivity index (χ1) is 10.4. The highest BCUT2D eigenvalue weighted by molar-refractivity contribution is 5.94. The maximum Gasteiger partial charge on any atom is 0.243 e. The molecular formula is C15H20N4O3. The molecule has 0 aliphatic carbocycles. The monoisotopic (exact) mass is 304 g/mol. The van der Waals surface area contributed by atoms with Crippen LogP contribution in [0.1, 0.15) is 30.2 Å². The van der Waals surface area contributed by atoms with Gasteiger partial charge in [0.1, 0.15) is 17.4 Å². The number of carbonyl (C=O) groups excluding carboxylic acids is 2. The second-order valence-corrected chi connectivity index (χ2v) is 5.40. The maximum absolute atomic E-state index is 12.4. The number of nitrogens with one attached hydrogen (secondary N) is 2. The first-order valence-corrected chi connectivity index (χ1v) is 7.25. The van der Waals surface area contributed by atoms with E-state index < -0.39 is 6.04 Å². The molecule has 2 amide bonds. The molecule has 0 radical (unpaired) electrons. The van der Waals surface area contributed by atoms with Crippen LogP contribution in [0, 0.1) is 25.2 Å². The van der Waals surface area contributed by atoms with E-state index >= 15 is 0 Å². The third-order valence-corrected chi connectivity index (χ3v) is 4.01. The number of nitriles is 1. The Morgan fingerprint density at radius 2 is 2.18 bits per heavy atom. The molecule has 118 valence electrons. The maximum atomic E-state index is 12.4. The van der Waals surface area contributed by atoms with Gasteiger partial charge in [0.15, 0.2) is 0 Å². The van der Waals surface area contributed by atoms with Crippen molar-refractivity contribution in [1.82, 2.24) is 10.2 Å². The van der Waals surface area contributed by atoms with Crippen LogP contribution in [-0.2, 0) is 9.59 Å². The quantitative estimate of drug-likeness (QED) is 0.865. The van der Waals surface area contributed by atoms with Crippen molar-refractivity contribution in [3.05, 3.63) is 16.9 Å². The van der Waals surface area contributed by atoms with Crippen LogP contribution in [-0.4, -0.2) is 42.4 Å². The fourth-order valence-corrected chi connectivity index (χ4v) is 2.40. The Balaban J connectivity index is 2.07. The van der Waals surface area contributed by atoms with E-state index in [0.717, 1.165) is 5.56 Å². The van der Waals surface area contributed by atoms with Crippen LogP contribution in [0.15, 0.2) is 4.42 Å². The van der Waals surface area contributed by atoms with Crippen molar-refractivity contribution in [2.45, 2.75) is 33.2 Å². The Labute approximate surface area is 129 Å². The predicted octanol–water partition coefficient (Wildman–Crippen LogP) is 0.917. The minimum Gasteiger partial charge on any atom is -0.444 e. The number of hydrogen-bond donors (Lipinski definition) is 2. The lowest BCUT2D eigenvalue weighted by atomic mass is 10.2. The van der Waals surface area contributed by atoms with Gasteiger partial charge in [0, 0.05) is 31.6 Å². The third-order valence-electron chi connectivity index (χ3n) is 4.01. The molecule has 2 N–H and O–H groups in total. The van der Waals surface area contributed by atoms with E-state index in [1.54, 1.807) is 20.8 Å². The fourth-order valence-electron chi connectivity index (χ4n) is 2.40. The van der Waals surface area contributed by atoms with Crippen molar-refractivity contribution in [3.63, 3.8) is 0 Å². The van der Waals surface area contributed by atoms with Crippen molar-refractivity contribution in [2.24, 2.45) is 0 Å². The van der Waals surface area contributed by atoms with Gasteiger partial charge in [0.2, 0.25) is 17.7 Å². The van der Waals surface area contributed by atoms with Gasteiger partial charge in [-0.25, -0.2) is 0 Å². The van der Waals surface area contributed by atoms with Gasteiger partial charge < -0.3 is 9.73 Å². The van der Waals surface area contributed by atoms with Gasteiger partial charge in [-0.1, -0.05) is 0 Å². The first kappa shape index (κ1) is 16.0. The minimum atomic E-state index is -0.412. The summed E-state index contributed by atoms with van der Waals surface area (Å²) in [5.41, 5.74) is 1.08. The average molecular weight is 304 g/mol. The molecule has 2 rings (SSSR count). The molecule has 2 heterocycles. The molecule has 7 nitrogen and oxygen atoms in total. The number of amides is 2. The van der Waals surface area contributed by atoms with Gasteiger partial charge in [-0.2, -0.15) is 5.26 Å². The Kier molecular flexibility index (Phi) is 4.83. The van der Waals surface area contributed by atoms with Gasteiger partial charge >= 0.3 is 0 Å². The topological polar surface area (TPSA) is 98.4 Å². The van der Waals surface area contributed by atoms with Crippen LogP contribution in [0.5, 0.6) is 0 Å². The van der Waals surface area contributed by atoms with Crippen molar-refractivity contribution < 1.29 is 14.0 Å². The zero-order valence-corrected chi connectivity index (χ0v) is 13.0. The molecule has 1 atom stereocenters. The van der Waals surface area contributed by atoms with Crippen LogP contribution in [0.2, 0.25) is 0 Å².